The standard InChI is InChI=1S/C11H14ClN/c1-8-3-5-10(7-11(8)12)6-4-9(2)13/h3-7,9H,13H2,1-2H3/b6-4+. The Morgan fingerprint density at radius 2 is 2.15 bits per heavy atom. The van der Waals surface area contributed by atoms with E-state index >= 15 is 0 Å². The molecule has 1 aromatic carbocycles. The maximum Gasteiger partial charge on any atom is 0.0441 e. The first-order valence-corrected chi connectivity index (χ1v) is 4.67. The van der Waals surface area contributed by atoms with E-state index in [1.165, 1.54) is 0 Å². The second kappa shape index (κ2) is 4.45. The van der Waals surface area contributed by atoms with E-state index in [1.807, 2.05) is 44.2 Å². The Morgan fingerprint density at radius 1 is 1.46 bits per heavy atom. The first-order valence-electron chi connectivity index (χ1n) is 4.29. The molecule has 0 aliphatic carbocycles. The molecule has 2 N–H and O–H groups in total. The molecule has 1 unspecified atom stereocenters. The molecule has 0 aromatic heterocycles. The highest BCUT2D eigenvalue weighted by Gasteiger charge is 1.94. The van der Waals surface area contributed by atoms with Crippen LogP contribution in [0.2, 0.25) is 5.02 Å². The molecule has 0 heterocycles. The van der Waals surface area contributed by atoms with Crippen LogP contribution in [0.1, 0.15) is 18.1 Å². The van der Waals surface area contributed by atoms with Gasteiger partial charge in [0.05, 0.1) is 0 Å². The third-order valence-electron chi connectivity index (χ3n) is 1.79. The Balaban J connectivity index is 2.85. The molecule has 0 saturated carbocycles. The summed E-state index contributed by atoms with van der Waals surface area (Å²) in [7, 11) is 0. The molecular formula is C11H14ClN. The molecule has 0 saturated heterocycles. The summed E-state index contributed by atoms with van der Waals surface area (Å²) in [4.78, 5) is 0. The zero-order chi connectivity index (χ0) is 9.84. The van der Waals surface area contributed by atoms with E-state index in [0.29, 0.717) is 0 Å². The first-order chi connectivity index (χ1) is 6.09. The van der Waals surface area contributed by atoms with Crippen LogP contribution in [0.25, 0.3) is 6.08 Å². The van der Waals surface area contributed by atoms with Crippen molar-refractivity contribution in [3.05, 3.63) is 40.4 Å². The van der Waals surface area contributed by atoms with Crippen molar-refractivity contribution in [2.75, 3.05) is 0 Å². The summed E-state index contributed by atoms with van der Waals surface area (Å²) in [5.74, 6) is 0. The number of hydrogen-bond acceptors (Lipinski definition) is 1. The molecule has 0 bridgehead atoms. The monoisotopic (exact) mass is 195 g/mol. The van der Waals surface area contributed by atoms with Crippen LogP contribution in [0, 0.1) is 6.92 Å². The molecular weight excluding hydrogens is 182 g/mol. The van der Waals surface area contributed by atoms with Gasteiger partial charge in [-0.15, -0.1) is 0 Å². The Hall–Kier alpha value is -0.790. The fraction of sp³-hybridized carbons (Fsp3) is 0.273. The predicted octanol–water partition coefficient (Wildman–Crippen LogP) is 3.01. The van der Waals surface area contributed by atoms with Gasteiger partial charge < -0.3 is 5.73 Å². The Morgan fingerprint density at radius 3 is 2.69 bits per heavy atom. The number of aryl methyl sites for hydroxylation is 1. The summed E-state index contributed by atoms with van der Waals surface area (Å²) in [5.41, 5.74) is 7.78. The van der Waals surface area contributed by atoms with Gasteiger partial charge in [-0.1, -0.05) is 35.9 Å². The fourth-order valence-corrected chi connectivity index (χ4v) is 1.16. The molecule has 0 radical (unpaired) electrons. The molecule has 0 spiro atoms. The first kappa shape index (κ1) is 10.3. The second-order valence-electron chi connectivity index (χ2n) is 3.23. The van der Waals surface area contributed by atoms with E-state index in [4.69, 9.17) is 17.3 Å². The van der Waals surface area contributed by atoms with Crippen molar-refractivity contribution in [3.63, 3.8) is 0 Å². The topological polar surface area (TPSA) is 26.0 Å². The molecule has 1 atom stereocenters. The second-order valence-corrected chi connectivity index (χ2v) is 3.63. The van der Waals surface area contributed by atoms with Gasteiger partial charge in [-0.3, -0.25) is 0 Å². The number of nitrogens with two attached hydrogens (primary N) is 1. The van der Waals surface area contributed by atoms with Crippen LogP contribution in [-0.4, -0.2) is 6.04 Å². The molecule has 1 nitrogen and oxygen atoms in total. The summed E-state index contributed by atoms with van der Waals surface area (Å²) >= 11 is 5.96. The average molecular weight is 196 g/mol. The third kappa shape index (κ3) is 3.21. The van der Waals surface area contributed by atoms with Crippen molar-refractivity contribution in [1.29, 1.82) is 0 Å². The lowest BCUT2D eigenvalue weighted by atomic mass is 10.1. The minimum atomic E-state index is 0.0834. The molecule has 0 aliphatic rings. The van der Waals surface area contributed by atoms with Crippen LogP contribution >= 0.6 is 11.6 Å². The summed E-state index contributed by atoms with van der Waals surface area (Å²) in [5, 5.41) is 0.798. The van der Waals surface area contributed by atoms with Gasteiger partial charge in [0, 0.05) is 11.1 Å². The SMILES string of the molecule is Cc1ccc(/C=C/C(C)N)cc1Cl. The van der Waals surface area contributed by atoms with Crippen LogP contribution in [0.4, 0.5) is 0 Å². The van der Waals surface area contributed by atoms with Crippen molar-refractivity contribution in [2.24, 2.45) is 5.73 Å². The smallest absolute Gasteiger partial charge is 0.0441 e. The summed E-state index contributed by atoms with van der Waals surface area (Å²) in [6.45, 7) is 3.92. The lowest BCUT2D eigenvalue weighted by Gasteiger charge is -1.99. The molecule has 13 heavy (non-hydrogen) atoms. The van der Waals surface area contributed by atoms with Crippen LogP contribution in [-0.2, 0) is 0 Å². The van der Waals surface area contributed by atoms with Gasteiger partial charge in [-0.2, -0.15) is 0 Å². The lowest BCUT2D eigenvalue weighted by Crippen LogP contribution is -2.09. The highest BCUT2D eigenvalue weighted by molar-refractivity contribution is 6.31. The number of rotatable bonds is 2. The number of benzene rings is 1. The summed E-state index contributed by atoms with van der Waals surface area (Å²) in [6, 6.07) is 6.05. The van der Waals surface area contributed by atoms with Gasteiger partial charge in [0.15, 0.2) is 0 Å². The van der Waals surface area contributed by atoms with Gasteiger partial charge in [-0.25, -0.2) is 0 Å². The lowest BCUT2D eigenvalue weighted by molar-refractivity contribution is 0.931. The van der Waals surface area contributed by atoms with E-state index in [9.17, 15) is 0 Å². The molecule has 0 fully saturated rings. The quantitative estimate of drug-likeness (QED) is 0.772. The van der Waals surface area contributed by atoms with Gasteiger partial charge in [0.25, 0.3) is 0 Å². The minimum absolute atomic E-state index is 0.0834. The highest BCUT2D eigenvalue weighted by atomic mass is 35.5. The molecule has 1 rings (SSSR count). The van der Waals surface area contributed by atoms with Crippen LogP contribution in [0.3, 0.4) is 0 Å². The average Bonchev–Trinajstić information content (AvgIpc) is 2.07. The Bertz CT molecular complexity index is 316. The maximum absolute atomic E-state index is 5.96. The fourth-order valence-electron chi connectivity index (χ4n) is 0.976. The predicted molar refractivity (Wildman–Crippen MR) is 58.9 cm³/mol. The summed E-state index contributed by atoms with van der Waals surface area (Å²) < 4.78 is 0. The minimum Gasteiger partial charge on any atom is -0.325 e. The van der Waals surface area contributed by atoms with Crippen molar-refractivity contribution < 1.29 is 0 Å². The summed E-state index contributed by atoms with van der Waals surface area (Å²) in [6.07, 6.45) is 3.93. The van der Waals surface area contributed by atoms with E-state index < -0.39 is 0 Å². The largest absolute Gasteiger partial charge is 0.325 e. The molecule has 70 valence electrons. The third-order valence-corrected chi connectivity index (χ3v) is 2.20. The van der Waals surface area contributed by atoms with Crippen LogP contribution in [0.5, 0.6) is 0 Å². The van der Waals surface area contributed by atoms with E-state index in [0.717, 1.165) is 16.1 Å². The Kier molecular flexibility index (Phi) is 3.52. The number of halogens is 1. The van der Waals surface area contributed by atoms with Gasteiger partial charge in [0.2, 0.25) is 0 Å². The van der Waals surface area contributed by atoms with Gasteiger partial charge in [0.1, 0.15) is 0 Å². The van der Waals surface area contributed by atoms with Crippen molar-refractivity contribution in [2.45, 2.75) is 19.9 Å². The molecule has 0 amide bonds. The zero-order valence-corrected chi connectivity index (χ0v) is 8.68. The molecule has 2 heteroatoms. The molecule has 1 aromatic rings. The van der Waals surface area contributed by atoms with Crippen molar-refractivity contribution in [3.8, 4) is 0 Å². The Labute approximate surface area is 84.2 Å². The normalized spacial score (nSPS) is 13.5. The van der Waals surface area contributed by atoms with Crippen molar-refractivity contribution >= 4 is 17.7 Å². The van der Waals surface area contributed by atoms with E-state index in [1.54, 1.807) is 0 Å². The zero-order valence-electron chi connectivity index (χ0n) is 7.92. The van der Waals surface area contributed by atoms with Gasteiger partial charge >= 0.3 is 0 Å². The highest BCUT2D eigenvalue weighted by Crippen LogP contribution is 2.17. The van der Waals surface area contributed by atoms with E-state index in [2.05, 4.69) is 0 Å². The molecule has 0 aliphatic heterocycles. The van der Waals surface area contributed by atoms with Crippen LogP contribution < -0.4 is 5.73 Å². The number of hydrogen-bond donors (Lipinski definition) is 1. The van der Waals surface area contributed by atoms with E-state index in [-0.39, 0.29) is 6.04 Å². The van der Waals surface area contributed by atoms with Crippen LogP contribution in [0.15, 0.2) is 24.3 Å². The van der Waals surface area contributed by atoms with Gasteiger partial charge in [-0.05, 0) is 31.0 Å². The maximum atomic E-state index is 5.96. The van der Waals surface area contributed by atoms with Crippen molar-refractivity contribution in [1.82, 2.24) is 0 Å².